The van der Waals surface area contributed by atoms with Crippen molar-refractivity contribution >= 4 is 17.6 Å². The molecule has 5 nitrogen and oxygen atoms in total. The molecular formula is C10H11ClFN3O2. The quantitative estimate of drug-likeness (QED) is 0.618. The minimum atomic E-state index is -1.10. The van der Waals surface area contributed by atoms with Gasteiger partial charge in [-0.05, 0) is 23.8 Å². The van der Waals surface area contributed by atoms with Crippen molar-refractivity contribution < 1.29 is 14.3 Å². The third kappa shape index (κ3) is 2.25. The summed E-state index contributed by atoms with van der Waals surface area (Å²) in [6, 6.07) is 3.00. The molecule has 5 N–H and O–H groups in total. The first-order chi connectivity index (χ1) is 8.00. The smallest absolute Gasteiger partial charge is 0.322 e. The summed E-state index contributed by atoms with van der Waals surface area (Å²) in [7, 11) is 0. The highest BCUT2D eigenvalue weighted by Gasteiger charge is 2.40. The second-order valence-corrected chi connectivity index (χ2v) is 4.26. The number of carboxylic acid groups (broad SMARTS) is 1. The molecule has 0 amide bonds. The lowest BCUT2D eigenvalue weighted by atomic mass is 9.90. The van der Waals surface area contributed by atoms with Crippen molar-refractivity contribution in [1.82, 2.24) is 10.9 Å². The van der Waals surface area contributed by atoms with Gasteiger partial charge in [0.25, 0.3) is 0 Å². The maximum atomic E-state index is 13.7. The van der Waals surface area contributed by atoms with Crippen LogP contribution in [-0.4, -0.2) is 23.3 Å². The average Bonchev–Trinajstić information content (AvgIpc) is 2.64. The molecule has 1 aliphatic rings. The number of rotatable bonds is 2. The topological polar surface area (TPSA) is 87.4 Å². The molecule has 17 heavy (non-hydrogen) atoms. The van der Waals surface area contributed by atoms with E-state index in [0.717, 1.165) is 0 Å². The summed E-state index contributed by atoms with van der Waals surface area (Å²) in [6.45, 7) is 0. The minimum Gasteiger partial charge on any atom is -0.480 e. The molecule has 1 saturated heterocycles. The van der Waals surface area contributed by atoms with Crippen LogP contribution in [0.4, 0.5) is 4.39 Å². The van der Waals surface area contributed by atoms with Gasteiger partial charge in [0.05, 0.1) is 6.17 Å². The Hall–Kier alpha value is -1.21. The van der Waals surface area contributed by atoms with Gasteiger partial charge in [-0.1, -0.05) is 11.6 Å². The van der Waals surface area contributed by atoms with E-state index in [1.54, 1.807) is 0 Å². The van der Waals surface area contributed by atoms with Crippen molar-refractivity contribution in [3.05, 3.63) is 34.6 Å². The molecule has 1 aromatic carbocycles. The number of halogens is 2. The molecule has 0 aliphatic carbocycles. The number of benzene rings is 1. The van der Waals surface area contributed by atoms with Gasteiger partial charge >= 0.3 is 5.97 Å². The Morgan fingerprint density at radius 2 is 2.18 bits per heavy atom. The summed E-state index contributed by atoms with van der Waals surface area (Å²) < 4.78 is 13.7. The molecule has 3 atom stereocenters. The van der Waals surface area contributed by atoms with Crippen LogP contribution >= 0.6 is 11.6 Å². The normalized spacial score (nSPS) is 28.3. The van der Waals surface area contributed by atoms with Crippen LogP contribution in [0.25, 0.3) is 0 Å². The third-order valence-electron chi connectivity index (χ3n) is 2.73. The molecule has 1 heterocycles. The van der Waals surface area contributed by atoms with Crippen molar-refractivity contribution in [3.8, 4) is 0 Å². The molecular weight excluding hydrogens is 249 g/mol. The van der Waals surface area contributed by atoms with E-state index < -0.39 is 29.9 Å². The molecule has 2 rings (SSSR count). The Morgan fingerprint density at radius 1 is 1.47 bits per heavy atom. The standard InChI is InChI=1S/C10H11ClFN3O2/c11-4-1-2-6(12)5(3-4)7-8(10(16)17)14-15-9(7)13/h1-3,7-9,14-15H,13H2,(H,16,17). The van der Waals surface area contributed by atoms with E-state index in [-0.39, 0.29) is 5.56 Å². The number of hydrogen-bond donors (Lipinski definition) is 4. The van der Waals surface area contributed by atoms with E-state index in [4.69, 9.17) is 22.4 Å². The maximum absolute atomic E-state index is 13.7. The van der Waals surface area contributed by atoms with Crippen LogP contribution < -0.4 is 16.6 Å². The van der Waals surface area contributed by atoms with E-state index >= 15 is 0 Å². The highest BCUT2D eigenvalue weighted by atomic mass is 35.5. The van der Waals surface area contributed by atoms with Crippen LogP contribution in [0.15, 0.2) is 18.2 Å². The highest BCUT2D eigenvalue weighted by molar-refractivity contribution is 6.30. The maximum Gasteiger partial charge on any atom is 0.322 e. The van der Waals surface area contributed by atoms with Crippen LogP contribution in [0, 0.1) is 5.82 Å². The number of hydrazine groups is 1. The molecule has 0 saturated carbocycles. The number of nitrogens with one attached hydrogen (secondary N) is 2. The van der Waals surface area contributed by atoms with Gasteiger partial charge in [-0.25, -0.2) is 15.2 Å². The number of aliphatic carboxylic acids is 1. The Balaban J connectivity index is 2.42. The average molecular weight is 260 g/mol. The largest absolute Gasteiger partial charge is 0.480 e. The monoisotopic (exact) mass is 259 g/mol. The lowest BCUT2D eigenvalue weighted by molar-refractivity contribution is -0.139. The fourth-order valence-electron chi connectivity index (χ4n) is 1.93. The van der Waals surface area contributed by atoms with Gasteiger partial charge in [0, 0.05) is 10.9 Å². The molecule has 92 valence electrons. The first-order valence-corrected chi connectivity index (χ1v) is 5.33. The van der Waals surface area contributed by atoms with Crippen molar-refractivity contribution in [3.63, 3.8) is 0 Å². The Morgan fingerprint density at radius 3 is 2.82 bits per heavy atom. The Bertz CT molecular complexity index is 457. The van der Waals surface area contributed by atoms with Crippen molar-refractivity contribution in [1.29, 1.82) is 0 Å². The summed E-state index contributed by atoms with van der Waals surface area (Å²) in [5.41, 5.74) is 11.0. The predicted octanol–water partition coefficient (Wildman–Crippen LogP) is 0.409. The lowest BCUT2D eigenvalue weighted by Crippen LogP contribution is -2.39. The zero-order chi connectivity index (χ0) is 12.6. The zero-order valence-corrected chi connectivity index (χ0v) is 9.41. The fourth-order valence-corrected chi connectivity index (χ4v) is 2.11. The second kappa shape index (κ2) is 4.58. The molecule has 1 aliphatic heterocycles. The van der Waals surface area contributed by atoms with E-state index in [9.17, 15) is 9.18 Å². The lowest BCUT2D eigenvalue weighted by Gasteiger charge is -2.19. The first-order valence-electron chi connectivity index (χ1n) is 4.95. The molecule has 3 unspecified atom stereocenters. The zero-order valence-electron chi connectivity index (χ0n) is 8.65. The Labute approximate surface area is 102 Å². The summed E-state index contributed by atoms with van der Waals surface area (Å²) in [5, 5.41) is 9.35. The van der Waals surface area contributed by atoms with Crippen LogP contribution in [0.2, 0.25) is 5.02 Å². The second-order valence-electron chi connectivity index (χ2n) is 3.82. The Kier molecular flexibility index (Phi) is 3.30. The molecule has 1 aromatic rings. The van der Waals surface area contributed by atoms with Gasteiger partial charge in [0.15, 0.2) is 0 Å². The van der Waals surface area contributed by atoms with Crippen LogP contribution in [0.3, 0.4) is 0 Å². The van der Waals surface area contributed by atoms with Gasteiger partial charge in [-0.15, -0.1) is 0 Å². The summed E-state index contributed by atoms with van der Waals surface area (Å²) in [5.74, 6) is -2.34. The van der Waals surface area contributed by atoms with Crippen molar-refractivity contribution in [2.24, 2.45) is 5.73 Å². The minimum absolute atomic E-state index is 0.190. The van der Waals surface area contributed by atoms with Crippen molar-refractivity contribution in [2.75, 3.05) is 0 Å². The van der Waals surface area contributed by atoms with Crippen LogP contribution in [0.5, 0.6) is 0 Å². The molecule has 0 aromatic heterocycles. The van der Waals surface area contributed by atoms with Gasteiger partial charge in [0.2, 0.25) is 0 Å². The van der Waals surface area contributed by atoms with Crippen LogP contribution in [-0.2, 0) is 4.79 Å². The third-order valence-corrected chi connectivity index (χ3v) is 2.97. The number of nitrogens with two attached hydrogens (primary N) is 1. The molecule has 0 radical (unpaired) electrons. The molecule has 7 heteroatoms. The molecule has 0 bridgehead atoms. The number of carbonyl (C=O) groups is 1. The van der Waals surface area contributed by atoms with E-state index in [1.165, 1.54) is 18.2 Å². The molecule has 1 fully saturated rings. The summed E-state index contributed by atoms with van der Waals surface area (Å²) in [6.07, 6.45) is -0.691. The number of hydrogen-bond acceptors (Lipinski definition) is 4. The van der Waals surface area contributed by atoms with Gasteiger partial charge in [-0.2, -0.15) is 0 Å². The van der Waals surface area contributed by atoms with E-state index in [2.05, 4.69) is 10.9 Å². The van der Waals surface area contributed by atoms with E-state index in [0.29, 0.717) is 5.02 Å². The van der Waals surface area contributed by atoms with Gasteiger partial charge in [0.1, 0.15) is 11.9 Å². The SMILES string of the molecule is NC1NNC(C(=O)O)C1c1cc(Cl)ccc1F. The van der Waals surface area contributed by atoms with Crippen LogP contribution in [0.1, 0.15) is 11.5 Å². The van der Waals surface area contributed by atoms with E-state index in [1.807, 2.05) is 0 Å². The van der Waals surface area contributed by atoms with Crippen molar-refractivity contribution in [2.45, 2.75) is 18.1 Å². The predicted molar refractivity (Wildman–Crippen MR) is 59.8 cm³/mol. The fraction of sp³-hybridized carbons (Fsp3) is 0.300. The first kappa shape index (κ1) is 12.3. The summed E-state index contributed by atoms with van der Waals surface area (Å²) in [4.78, 5) is 11.0. The number of carboxylic acids is 1. The van der Waals surface area contributed by atoms with Gasteiger partial charge < -0.3 is 10.8 Å². The highest BCUT2D eigenvalue weighted by Crippen LogP contribution is 2.29. The van der Waals surface area contributed by atoms with Gasteiger partial charge in [-0.3, -0.25) is 4.79 Å². The summed E-state index contributed by atoms with van der Waals surface area (Å²) >= 11 is 5.77. The molecule has 0 spiro atoms.